The van der Waals surface area contributed by atoms with Crippen LogP contribution in [0.1, 0.15) is 24.8 Å². The van der Waals surface area contributed by atoms with E-state index >= 15 is 0 Å². The van der Waals surface area contributed by atoms with Crippen molar-refractivity contribution in [1.29, 1.82) is 0 Å². The van der Waals surface area contributed by atoms with Gasteiger partial charge in [0.1, 0.15) is 0 Å². The van der Waals surface area contributed by atoms with E-state index in [2.05, 4.69) is 4.74 Å². The van der Waals surface area contributed by atoms with Gasteiger partial charge < -0.3 is 4.74 Å². The highest BCUT2D eigenvalue weighted by atomic mass is 16.5. The Morgan fingerprint density at radius 3 is 2.56 bits per heavy atom. The predicted molar refractivity (Wildman–Crippen MR) is 68.1 cm³/mol. The first kappa shape index (κ1) is 12.6. The van der Waals surface area contributed by atoms with Crippen LogP contribution in [0.4, 0.5) is 0 Å². The fourth-order valence-electron chi connectivity index (χ4n) is 2.40. The zero-order valence-electron chi connectivity index (χ0n) is 10.6. The van der Waals surface area contributed by atoms with Crippen LogP contribution in [0.2, 0.25) is 0 Å². The van der Waals surface area contributed by atoms with Gasteiger partial charge in [0.05, 0.1) is 18.6 Å². The molecule has 0 saturated heterocycles. The van der Waals surface area contributed by atoms with Crippen molar-refractivity contribution in [3.05, 3.63) is 47.5 Å². The number of rotatable bonds is 2. The summed E-state index contributed by atoms with van der Waals surface area (Å²) < 4.78 is 4.65. The van der Waals surface area contributed by atoms with Crippen LogP contribution in [0.15, 0.2) is 42.0 Å². The fraction of sp³-hybridized carbons (Fsp3) is 0.333. The molecule has 1 aromatic rings. The van der Waals surface area contributed by atoms with Gasteiger partial charge in [0.15, 0.2) is 5.78 Å². The SMILES string of the molecule is COC(=O)C1=CC[C@@H](C)[C@H](c2ccccc2)C1=O. The minimum absolute atomic E-state index is 0.133. The van der Waals surface area contributed by atoms with Crippen molar-refractivity contribution in [2.45, 2.75) is 19.3 Å². The number of carbonyl (C=O) groups is 2. The summed E-state index contributed by atoms with van der Waals surface area (Å²) in [4.78, 5) is 23.9. The van der Waals surface area contributed by atoms with Crippen molar-refractivity contribution in [3.63, 3.8) is 0 Å². The lowest BCUT2D eigenvalue weighted by atomic mass is 9.76. The monoisotopic (exact) mass is 244 g/mol. The number of hydrogen-bond acceptors (Lipinski definition) is 3. The summed E-state index contributed by atoms with van der Waals surface area (Å²) in [6, 6.07) is 9.59. The second-order valence-electron chi connectivity index (χ2n) is 4.57. The summed E-state index contributed by atoms with van der Waals surface area (Å²) in [5, 5.41) is 0. The van der Waals surface area contributed by atoms with Gasteiger partial charge in [0, 0.05) is 0 Å². The van der Waals surface area contributed by atoms with Gasteiger partial charge in [-0.25, -0.2) is 4.79 Å². The maximum absolute atomic E-state index is 12.4. The zero-order valence-corrected chi connectivity index (χ0v) is 10.6. The van der Waals surface area contributed by atoms with Crippen LogP contribution in [0.3, 0.4) is 0 Å². The minimum atomic E-state index is -0.534. The molecule has 18 heavy (non-hydrogen) atoms. The maximum Gasteiger partial charge on any atom is 0.341 e. The molecule has 3 heteroatoms. The van der Waals surface area contributed by atoms with Crippen molar-refractivity contribution in [2.24, 2.45) is 5.92 Å². The average Bonchev–Trinajstić information content (AvgIpc) is 2.39. The highest BCUT2D eigenvalue weighted by molar-refractivity contribution is 6.20. The van der Waals surface area contributed by atoms with Gasteiger partial charge in [0.25, 0.3) is 0 Å². The lowest BCUT2D eigenvalue weighted by Crippen LogP contribution is -2.29. The molecule has 2 rings (SSSR count). The maximum atomic E-state index is 12.4. The molecule has 0 heterocycles. The van der Waals surface area contributed by atoms with Crippen LogP contribution in [0, 0.1) is 5.92 Å². The number of methoxy groups -OCH3 is 1. The van der Waals surface area contributed by atoms with Crippen LogP contribution in [-0.2, 0) is 14.3 Å². The Balaban J connectivity index is 2.35. The number of hydrogen-bond donors (Lipinski definition) is 0. The molecule has 2 atom stereocenters. The second-order valence-corrected chi connectivity index (χ2v) is 4.57. The molecular formula is C15H16O3. The molecule has 0 amide bonds. The topological polar surface area (TPSA) is 43.4 Å². The smallest absolute Gasteiger partial charge is 0.341 e. The van der Waals surface area contributed by atoms with Gasteiger partial charge in [-0.1, -0.05) is 43.3 Å². The van der Waals surface area contributed by atoms with Gasteiger partial charge in [-0.05, 0) is 17.9 Å². The Morgan fingerprint density at radius 1 is 1.28 bits per heavy atom. The first-order chi connectivity index (χ1) is 8.65. The number of Topliss-reactive ketones (excluding diaryl/α,β-unsaturated/α-hetero) is 1. The van der Waals surface area contributed by atoms with Gasteiger partial charge in [-0.2, -0.15) is 0 Å². The highest BCUT2D eigenvalue weighted by Gasteiger charge is 2.35. The molecule has 0 spiro atoms. The van der Waals surface area contributed by atoms with E-state index in [1.807, 2.05) is 37.3 Å². The third-order valence-corrected chi connectivity index (χ3v) is 3.37. The van der Waals surface area contributed by atoms with E-state index in [1.54, 1.807) is 6.08 Å². The molecule has 0 aliphatic heterocycles. The van der Waals surface area contributed by atoms with E-state index in [4.69, 9.17) is 0 Å². The van der Waals surface area contributed by atoms with Crippen molar-refractivity contribution in [2.75, 3.05) is 7.11 Å². The third-order valence-electron chi connectivity index (χ3n) is 3.37. The van der Waals surface area contributed by atoms with Crippen molar-refractivity contribution < 1.29 is 14.3 Å². The van der Waals surface area contributed by atoms with E-state index in [0.717, 1.165) is 12.0 Å². The Kier molecular flexibility index (Phi) is 3.60. The molecule has 0 saturated carbocycles. The molecule has 1 aliphatic carbocycles. The first-order valence-corrected chi connectivity index (χ1v) is 6.02. The Hall–Kier alpha value is -1.90. The number of ether oxygens (including phenoxy) is 1. The minimum Gasteiger partial charge on any atom is -0.465 e. The summed E-state index contributed by atoms with van der Waals surface area (Å²) in [5.74, 6) is -0.710. The normalized spacial score (nSPS) is 23.4. The van der Waals surface area contributed by atoms with E-state index in [0.29, 0.717) is 0 Å². The summed E-state index contributed by atoms with van der Waals surface area (Å²) in [6.07, 6.45) is 2.41. The van der Waals surface area contributed by atoms with E-state index < -0.39 is 5.97 Å². The summed E-state index contributed by atoms with van der Waals surface area (Å²) in [7, 11) is 1.30. The van der Waals surface area contributed by atoms with Crippen molar-refractivity contribution >= 4 is 11.8 Å². The van der Waals surface area contributed by atoms with E-state index in [-0.39, 0.29) is 23.2 Å². The molecule has 94 valence electrons. The number of benzene rings is 1. The summed E-state index contributed by atoms with van der Waals surface area (Å²) >= 11 is 0. The van der Waals surface area contributed by atoms with Crippen molar-refractivity contribution in [3.8, 4) is 0 Å². The summed E-state index contributed by atoms with van der Waals surface area (Å²) in [6.45, 7) is 2.03. The predicted octanol–water partition coefficient (Wildman–Crippen LogP) is 2.48. The molecule has 3 nitrogen and oxygen atoms in total. The summed E-state index contributed by atoms with van der Waals surface area (Å²) in [5.41, 5.74) is 1.15. The molecule has 0 unspecified atom stereocenters. The number of esters is 1. The van der Waals surface area contributed by atoms with Crippen LogP contribution in [0.25, 0.3) is 0 Å². The standard InChI is InChI=1S/C15H16O3/c1-10-8-9-12(15(17)18-2)14(16)13(10)11-6-4-3-5-7-11/h3-7,9-10,13H,8H2,1-2H3/t10-,13-/m1/s1. The fourth-order valence-corrected chi connectivity index (χ4v) is 2.40. The molecule has 0 radical (unpaired) electrons. The molecule has 0 fully saturated rings. The molecule has 0 N–H and O–H groups in total. The van der Waals surface area contributed by atoms with E-state index in [1.165, 1.54) is 7.11 Å². The Morgan fingerprint density at radius 2 is 1.94 bits per heavy atom. The molecule has 1 aliphatic rings. The van der Waals surface area contributed by atoms with Crippen LogP contribution in [-0.4, -0.2) is 18.9 Å². The molecular weight excluding hydrogens is 228 g/mol. The Bertz CT molecular complexity index is 488. The number of allylic oxidation sites excluding steroid dienone is 1. The average molecular weight is 244 g/mol. The quantitative estimate of drug-likeness (QED) is 0.593. The van der Waals surface area contributed by atoms with Crippen molar-refractivity contribution in [1.82, 2.24) is 0 Å². The lowest BCUT2D eigenvalue weighted by molar-refractivity contribution is -0.138. The van der Waals surface area contributed by atoms with Gasteiger partial charge in [0.2, 0.25) is 0 Å². The lowest BCUT2D eigenvalue weighted by Gasteiger charge is -2.26. The molecule has 0 bridgehead atoms. The van der Waals surface area contributed by atoms with Gasteiger partial charge >= 0.3 is 5.97 Å². The Labute approximate surface area is 106 Å². The number of carbonyl (C=O) groups excluding carboxylic acids is 2. The van der Waals surface area contributed by atoms with Gasteiger partial charge in [-0.3, -0.25) is 4.79 Å². The van der Waals surface area contributed by atoms with E-state index in [9.17, 15) is 9.59 Å². The highest BCUT2D eigenvalue weighted by Crippen LogP contribution is 2.34. The molecule has 1 aromatic carbocycles. The van der Waals surface area contributed by atoms with Gasteiger partial charge in [-0.15, -0.1) is 0 Å². The van der Waals surface area contributed by atoms with Crippen LogP contribution >= 0.6 is 0 Å². The largest absolute Gasteiger partial charge is 0.465 e. The third kappa shape index (κ3) is 2.21. The second kappa shape index (κ2) is 5.17. The van der Waals surface area contributed by atoms with Crippen LogP contribution in [0.5, 0.6) is 0 Å². The first-order valence-electron chi connectivity index (χ1n) is 6.02. The number of ketones is 1. The van der Waals surface area contributed by atoms with Crippen LogP contribution < -0.4 is 0 Å². The molecule has 0 aromatic heterocycles. The zero-order chi connectivity index (χ0) is 13.1.